The molecule has 2 aromatic rings. The van der Waals surface area contributed by atoms with Crippen molar-refractivity contribution in [3.63, 3.8) is 0 Å². The lowest BCUT2D eigenvalue weighted by Gasteiger charge is -2.37. The molecular weight excluding hydrogens is 392 g/mol. The standard InChI is InChI=1S/C29H38N2O/c1-4-10-23(11-5-1)24-14-18-30(19-15-24)21-26-22-31-27(28(26)25-12-6-2-7-13-25)20-29(32-31)16-8-3-9-17-29/h1-2,4-7,10-13,24,26-28H,3,8-9,14-22H2/t26-,27-,28+/m0/s1. The molecule has 3 saturated heterocycles. The molecule has 0 N–H and O–H groups in total. The molecule has 170 valence electrons. The summed E-state index contributed by atoms with van der Waals surface area (Å²) in [6, 6.07) is 23.1. The van der Waals surface area contributed by atoms with Crippen molar-refractivity contribution >= 4 is 0 Å². The van der Waals surface area contributed by atoms with Crippen molar-refractivity contribution in [2.75, 3.05) is 26.2 Å². The summed E-state index contributed by atoms with van der Waals surface area (Å²) in [7, 11) is 0. The smallest absolute Gasteiger partial charge is 0.0915 e. The molecule has 0 unspecified atom stereocenters. The first-order valence-electron chi connectivity index (χ1n) is 13.1. The van der Waals surface area contributed by atoms with Gasteiger partial charge in [0.15, 0.2) is 0 Å². The van der Waals surface area contributed by atoms with Gasteiger partial charge in [0.1, 0.15) is 0 Å². The van der Waals surface area contributed by atoms with E-state index in [1.807, 2.05) is 0 Å². The molecule has 0 radical (unpaired) electrons. The van der Waals surface area contributed by atoms with Crippen molar-refractivity contribution in [1.29, 1.82) is 0 Å². The third-order valence-corrected chi connectivity index (χ3v) is 8.90. The van der Waals surface area contributed by atoms with Crippen molar-refractivity contribution in [2.24, 2.45) is 5.92 Å². The monoisotopic (exact) mass is 430 g/mol. The summed E-state index contributed by atoms with van der Waals surface area (Å²) in [6.45, 7) is 4.77. The molecule has 0 aromatic heterocycles. The topological polar surface area (TPSA) is 15.7 Å². The summed E-state index contributed by atoms with van der Waals surface area (Å²) in [5, 5.41) is 2.43. The highest BCUT2D eigenvalue weighted by Gasteiger charge is 2.54. The van der Waals surface area contributed by atoms with Gasteiger partial charge in [-0.05, 0) is 68.2 Å². The summed E-state index contributed by atoms with van der Waals surface area (Å²) >= 11 is 0. The molecular formula is C29H38N2O. The molecule has 3 aliphatic heterocycles. The van der Waals surface area contributed by atoms with Crippen LogP contribution in [0.25, 0.3) is 0 Å². The van der Waals surface area contributed by atoms with Crippen molar-refractivity contribution in [3.05, 3.63) is 71.8 Å². The second-order valence-electron chi connectivity index (χ2n) is 10.9. The lowest BCUT2D eigenvalue weighted by atomic mass is 9.75. The number of hydrogen-bond acceptors (Lipinski definition) is 3. The number of rotatable bonds is 4. The first-order chi connectivity index (χ1) is 15.8. The Balaban J connectivity index is 1.15. The van der Waals surface area contributed by atoms with E-state index >= 15 is 0 Å². The lowest BCUT2D eigenvalue weighted by molar-refractivity contribution is -0.206. The Hall–Kier alpha value is -1.68. The third-order valence-electron chi connectivity index (χ3n) is 8.90. The average molecular weight is 431 g/mol. The number of benzene rings is 2. The number of hydroxylamine groups is 2. The molecule has 3 atom stereocenters. The minimum Gasteiger partial charge on any atom is -0.303 e. The van der Waals surface area contributed by atoms with E-state index in [0.29, 0.717) is 17.9 Å². The van der Waals surface area contributed by atoms with Crippen molar-refractivity contribution < 1.29 is 4.84 Å². The van der Waals surface area contributed by atoms with Gasteiger partial charge < -0.3 is 4.90 Å². The van der Waals surface area contributed by atoms with Gasteiger partial charge in [0.2, 0.25) is 0 Å². The van der Waals surface area contributed by atoms with E-state index in [4.69, 9.17) is 4.84 Å². The zero-order chi connectivity index (χ0) is 21.4. The van der Waals surface area contributed by atoms with Gasteiger partial charge in [-0.2, -0.15) is 5.06 Å². The Morgan fingerprint density at radius 2 is 1.47 bits per heavy atom. The van der Waals surface area contributed by atoms with E-state index in [1.54, 1.807) is 0 Å². The molecule has 1 aliphatic carbocycles. The summed E-state index contributed by atoms with van der Waals surface area (Å²) in [6.07, 6.45) is 10.4. The molecule has 6 rings (SSSR count). The average Bonchev–Trinajstić information content (AvgIpc) is 3.34. The number of fused-ring (bicyclic) bond motifs is 1. The third kappa shape index (κ3) is 4.04. The first-order valence-corrected chi connectivity index (χ1v) is 13.1. The zero-order valence-electron chi connectivity index (χ0n) is 19.4. The van der Waals surface area contributed by atoms with Crippen LogP contribution < -0.4 is 0 Å². The van der Waals surface area contributed by atoms with Crippen LogP contribution in [0.3, 0.4) is 0 Å². The summed E-state index contributed by atoms with van der Waals surface area (Å²) in [5.41, 5.74) is 3.21. The molecule has 4 fully saturated rings. The van der Waals surface area contributed by atoms with Gasteiger partial charge in [0, 0.05) is 25.0 Å². The summed E-state index contributed by atoms with van der Waals surface area (Å²) in [4.78, 5) is 9.52. The van der Waals surface area contributed by atoms with Crippen molar-refractivity contribution in [1.82, 2.24) is 9.96 Å². The second kappa shape index (κ2) is 8.93. The highest BCUT2D eigenvalue weighted by Crippen LogP contribution is 2.51. The molecule has 2 aromatic carbocycles. The predicted octanol–water partition coefficient (Wildman–Crippen LogP) is 5.99. The number of hydrogen-bond donors (Lipinski definition) is 0. The Morgan fingerprint density at radius 3 is 2.16 bits per heavy atom. The van der Waals surface area contributed by atoms with Crippen LogP contribution in [-0.2, 0) is 4.84 Å². The Morgan fingerprint density at radius 1 is 0.812 bits per heavy atom. The largest absolute Gasteiger partial charge is 0.303 e. The van der Waals surface area contributed by atoms with Gasteiger partial charge in [0.25, 0.3) is 0 Å². The van der Waals surface area contributed by atoms with Gasteiger partial charge in [-0.1, -0.05) is 79.9 Å². The SMILES string of the molecule is c1ccc(C2CCN(C[C@H]3CN4OC5(CCCCC5)C[C@H]4[C@@H]3c3ccccc3)CC2)cc1. The van der Waals surface area contributed by atoms with Gasteiger partial charge >= 0.3 is 0 Å². The van der Waals surface area contributed by atoms with E-state index in [9.17, 15) is 0 Å². The number of nitrogens with zero attached hydrogens (tertiary/aromatic N) is 2. The normalized spacial score (nSPS) is 31.2. The molecule has 3 heterocycles. The molecule has 0 bridgehead atoms. The first kappa shape index (κ1) is 20.9. The Labute approximate surface area is 193 Å². The highest BCUT2D eigenvalue weighted by molar-refractivity contribution is 5.26. The fourth-order valence-electron chi connectivity index (χ4n) is 7.31. The maximum absolute atomic E-state index is 6.77. The van der Waals surface area contributed by atoms with E-state index < -0.39 is 0 Å². The molecule has 0 amide bonds. The Kier molecular flexibility index (Phi) is 5.83. The maximum atomic E-state index is 6.77. The van der Waals surface area contributed by atoms with Crippen LogP contribution in [0.4, 0.5) is 0 Å². The van der Waals surface area contributed by atoms with Gasteiger partial charge in [0.05, 0.1) is 5.60 Å². The van der Waals surface area contributed by atoms with Crippen LogP contribution in [0, 0.1) is 5.92 Å². The summed E-state index contributed by atoms with van der Waals surface area (Å²) in [5.74, 6) is 2.00. The highest BCUT2D eigenvalue weighted by atomic mass is 16.7. The van der Waals surface area contributed by atoms with Gasteiger partial charge in [-0.3, -0.25) is 4.84 Å². The number of likely N-dealkylation sites (tertiary alicyclic amines) is 1. The van der Waals surface area contributed by atoms with Crippen molar-refractivity contribution in [3.8, 4) is 0 Å². The summed E-state index contributed by atoms with van der Waals surface area (Å²) < 4.78 is 0. The minimum atomic E-state index is 0.148. The molecule has 1 spiro atoms. The van der Waals surface area contributed by atoms with E-state index in [1.165, 1.54) is 82.1 Å². The van der Waals surface area contributed by atoms with E-state index in [0.717, 1.165) is 12.5 Å². The molecule has 3 nitrogen and oxygen atoms in total. The molecule has 4 aliphatic rings. The quantitative estimate of drug-likeness (QED) is 0.593. The molecule has 3 heteroatoms. The van der Waals surface area contributed by atoms with Crippen molar-refractivity contribution in [2.45, 2.75) is 74.8 Å². The predicted molar refractivity (Wildman–Crippen MR) is 130 cm³/mol. The minimum absolute atomic E-state index is 0.148. The van der Waals surface area contributed by atoms with Crippen LogP contribution in [0.5, 0.6) is 0 Å². The number of piperidine rings is 1. The zero-order valence-corrected chi connectivity index (χ0v) is 19.4. The molecule has 1 saturated carbocycles. The molecule has 32 heavy (non-hydrogen) atoms. The van der Waals surface area contributed by atoms with Crippen LogP contribution >= 0.6 is 0 Å². The maximum Gasteiger partial charge on any atom is 0.0915 e. The fraction of sp³-hybridized carbons (Fsp3) is 0.586. The van der Waals surface area contributed by atoms with Gasteiger partial charge in [-0.15, -0.1) is 0 Å². The van der Waals surface area contributed by atoms with Crippen LogP contribution in [0.15, 0.2) is 60.7 Å². The van der Waals surface area contributed by atoms with Crippen LogP contribution in [0.1, 0.15) is 74.3 Å². The van der Waals surface area contributed by atoms with Crippen LogP contribution in [0.2, 0.25) is 0 Å². The lowest BCUT2D eigenvalue weighted by Crippen LogP contribution is -2.40. The van der Waals surface area contributed by atoms with Gasteiger partial charge in [-0.25, -0.2) is 0 Å². The fourth-order valence-corrected chi connectivity index (χ4v) is 7.31. The van der Waals surface area contributed by atoms with E-state index in [2.05, 4.69) is 70.6 Å². The Bertz CT molecular complexity index is 871. The van der Waals surface area contributed by atoms with E-state index in [-0.39, 0.29) is 5.60 Å². The van der Waals surface area contributed by atoms with Crippen LogP contribution in [-0.4, -0.2) is 47.8 Å². The second-order valence-corrected chi connectivity index (χ2v) is 10.9.